The van der Waals surface area contributed by atoms with E-state index in [0.29, 0.717) is 0 Å². The number of halogens is 3. The number of hydrogen-bond acceptors (Lipinski definition) is 1. The molecule has 2 nitrogen and oxygen atoms in total. The van der Waals surface area contributed by atoms with Crippen molar-refractivity contribution < 1.29 is 13.2 Å². The summed E-state index contributed by atoms with van der Waals surface area (Å²) in [7, 11) is 0. The van der Waals surface area contributed by atoms with Crippen molar-refractivity contribution in [3.05, 3.63) is 65.5 Å². The Labute approximate surface area is 102 Å². The summed E-state index contributed by atoms with van der Waals surface area (Å²) >= 11 is 0. The van der Waals surface area contributed by atoms with Gasteiger partial charge in [-0.05, 0) is 24.3 Å². The monoisotopic (exact) mass is 250 g/mol. The number of benzene rings is 2. The van der Waals surface area contributed by atoms with Crippen LogP contribution >= 0.6 is 0 Å². The maximum atomic E-state index is 13.4. The summed E-state index contributed by atoms with van der Waals surface area (Å²) in [5, 5.41) is 0. The molecule has 0 bridgehead atoms. The third-order valence-electron chi connectivity index (χ3n) is 2.31. The zero-order valence-electron chi connectivity index (χ0n) is 9.20. The lowest BCUT2D eigenvalue weighted by molar-refractivity contribution is 0.578. The van der Waals surface area contributed by atoms with Crippen LogP contribution in [0.25, 0.3) is 0 Å². The van der Waals surface area contributed by atoms with Crippen LogP contribution < -0.4 is 5.73 Å². The van der Waals surface area contributed by atoms with E-state index in [1.54, 1.807) is 6.07 Å². The Morgan fingerprint density at radius 3 is 2.00 bits per heavy atom. The predicted octanol–water partition coefficient (Wildman–Crippen LogP) is 3.14. The van der Waals surface area contributed by atoms with Gasteiger partial charge in [0.2, 0.25) is 0 Å². The van der Waals surface area contributed by atoms with Gasteiger partial charge in [-0.25, -0.2) is 18.2 Å². The topological polar surface area (TPSA) is 38.4 Å². The molecule has 0 fully saturated rings. The molecule has 0 aromatic heterocycles. The molecular weight excluding hydrogens is 241 g/mol. The van der Waals surface area contributed by atoms with Crippen LogP contribution in [0.1, 0.15) is 5.56 Å². The van der Waals surface area contributed by atoms with Crippen molar-refractivity contribution in [1.82, 2.24) is 0 Å². The van der Waals surface area contributed by atoms with Crippen molar-refractivity contribution in [1.29, 1.82) is 0 Å². The van der Waals surface area contributed by atoms with Crippen molar-refractivity contribution in [3.8, 4) is 0 Å². The molecule has 92 valence electrons. The van der Waals surface area contributed by atoms with Crippen LogP contribution in [-0.4, -0.2) is 5.84 Å². The molecule has 0 heterocycles. The molecule has 18 heavy (non-hydrogen) atoms. The first kappa shape index (κ1) is 12.2. The van der Waals surface area contributed by atoms with E-state index in [9.17, 15) is 13.2 Å². The molecule has 0 unspecified atom stereocenters. The summed E-state index contributed by atoms with van der Waals surface area (Å²) in [6.07, 6.45) is 0. The van der Waals surface area contributed by atoms with Crippen molar-refractivity contribution in [2.75, 3.05) is 0 Å². The van der Waals surface area contributed by atoms with E-state index in [0.717, 1.165) is 12.1 Å². The average Bonchev–Trinajstić information content (AvgIpc) is 2.32. The first-order valence-electron chi connectivity index (χ1n) is 5.12. The molecule has 0 radical (unpaired) electrons. The van der Waals surface area contributed by atoms with Gasteiger partial charge in [-0.3, -0.25) is 0 Å². The van der Waals surface area contributed by atoms with Gasteiger partial charge in [0, 0.05) is 0 Å². The van der Waals surface area contributed by atoms with Crippen molar-refractivity contribution >= 4 is 11.5 Å². The summed E-state index contributed by atoms with van der Waals surface area (Å²) < 4.78 is 40.1. The lowest BCUT2D eigenvalue weighted by Crippen LogP contribution is -2.17. The highest BCUT2D eigenvalue weighted by Crippen LogP contribution is 2.19. The molecule has 2 rings (SSSR count). The molecule has 0 aliphatic rings. The molecule has 0 saturated carbocycles. The number of aliphatic imine (C=N–C) groups is 1. The predicted molar refractivity (Wildman–Crippen MR) is 63.1 cm³/mol. The van der Waals surface area contributed by atoms with Crippen molar-refractivity contribution in [2.24, 2.45) is 10.7 Å². The fourth-order valence-corrected chi connectivity index (χ4v) is 1.47. The first-order chi connectivity index (χ1) is 8.59. The maximum Gasteiger partial charge on any atom is 0.148 e. The molecule has 0 atom stereocenters. The quantitative estimate of drug-likeness (QED) is 0.645. The van der Waals surface area contributed by atoms with Gasteiger partial charge in [0.05, 0.1) is 5.56 Å². The van der Waals surface area contributed by atoms with E-state index < -0.39 is 28.9 Å². The van der Waals surface area contributed by atoms with Crippen molar-refractivity contribution in [3.63, 3.8) is 0 Å². The standard InChI is InChI=1S/C13H9F3N2/c14-8-4-1-2-7-11(8)18-13(17)12-9(15)5-3-6-10(12)16/h1-7H,(H2,17,18). The third-order valence-corrected chi connectivity index (χ3v) is 2.31. The Kier molecular flexibility index (Phi) is 3.32. The van der Waals surface area contributed by atoms with Crippen LogP contribution in [-0.2, 0) is 0 Å². The summed E-state index contributed by atoms with van der Waals surface area (Å²) in [6.45, 7) is 0. The molecule has 0 aliphatic heterocycles. The second-order valence-electron chi connectivity index (χ2n) is 3.55. The second-order valence-corrected chi connectivity index (χ2v) is 3.55. The minimum Gasteiger partial charge on any atom is -0.383 e. The summed E-state index contributed by atoms with van der Waals surface area (Å²) in [4.78, 5) is 3.69. The SMILES string of the molecule is NC(=Nc1ccccc1F)c1c(F)cccc1F. The highest BCUT2D eigenvalue weighted by atomic mass is 19.1. The van der Waals surface area contributed by atoms with Crippen LogP contribution in [0.15, 0.2) is 47.5 Å². The van der Waals surface area contributed by atoms with E-state index in [1.807, 2.05) is 0 Å². The third kappa shape index (κ3) is 2.34. The number of nitrogens with two attached hydrogens (primary N) is 1. The van der Waals surface area contributed by atoms with Crippen LogP contribution in [0.4, 0.5) is 18.9 Å². The number of nitrogens with zero attached hydrogens (tertiary/aromatic N) is 1. The zero-order valence-corrected chi connectivity index (χ0v) is 9.20. The van der Waals surface area contributed by atoms with E-state index in [2.05, 4.69) is 4.99 Å². The number of rotatable bonds is 2. The Morgan fingerprint density at radius 2 is 1.39 bits per heavy atom. The molecule has 2 aromatic rings. The zero-order chi connectivity index (χ0) is 13.1. The summed E-state index contributed by atoms with van der Waals surface area (Å²) in [5.74, 6) is -2.70. The van der Waals surface area contributed by atoms with Gasteiger partial charge < -0.3 is 5.73 Å². The van der Waals surface area contributed by atoms with E-state index in [1.165, 1.54) is 24.3 Å². The van der Waals surface area contributed by atoms with Gasteiger partial charge in [-0.1, -0.05) is 18.2 Å². The van der Waals surface area contributed by atoms with Gasteiger partial charge in [0.1, 0.15) is 29.0 Å². The molecule has 2 aromatic carbocycles. The van der Waals surface area contributed by atoms with Gasteiger partial charge in [-0.2, -0.15) is 0 Å². The number of para-hydroxylation sites is 1. The Balaban J connectivity index is 2.49. The molecule has 0 amide bonds. The number of amidine groups is 1. The van der Waals surface area contributed by atoms with Gasteiger partial charge in [-0.15, -0.1) is 0 Å². The van der Waals surface area contributed by atoms with E-state index in [-0.39, 0.29) is 5.69 Å². The summed E-state index contributed by atoms with van der Waals surface area (Å²) in [6, 6.07) is 8.90. The second kappa shape index (κ2) is 4.91. The fourth-order valence-electron chi connectivity index (χ4n) is 1.47. The molecule has 0 saturated heterocycles. The first-order valence-corrected chi connectivity index (χ1v) is 5.12. The average molecular weight is 250 g/mol. The van der Waals surface area contributed by atoms with Gasteiger partial charge in [0.15, 0.2) is 0 Å². The minimum atomic E-state index is -0.840. The smallest absolute Gasteiger partial charge is 0.148 e. The molecular formula is C13H9F3N2. The van der Waals surface area contributed by atoms with Crippen LogP contribution in [0.3, 0.4) is 0 Å². The van der Waals surface area contributed by atoms with Crippen LogP contribution in [0, 0.1) is 17.5 Å². The molecule has 2 N–H and O–H groups in total. The lowest BCUT2D eigenvalue weighted by atomic mass is 10.2. The maximum absolute atomic E-state index is 13.4. The highest BCUT2D eigenvalue weighted by Gasteiger charge is 2.12. The van der Waals surface area contributed by atoms with Crippen LogP contribution in [0.2, 0.25) is 0 Å². The summed E-state index contributed by atoms with van der Waals surface area (Å²) in [5.41, 5.74) is 4.97. The Bertz CT molecular complexity index is 589. The van der Waals surface area contributed by atoms with E-state index >= 15 is 0 Å². The largest absolute Gasteiger partial charge is 0.383 e. The van der Waals surface area contributed by atoms with Crippen molar-refractivity contribution in [2.45, 2.75) is 0 Å². The molecule has 5 heteroatoms. The van der Waals surface area contributed by atoms with Gasteiger partial charge >= 0.3 is 0 Å². The van der Waals surface area contributed by atoms with Crippen LogP contribution in [0.5, 0.6) is 0 Å². The number of hydrogen-bond donors (Lipinski definition) is 1. The lowest BCUT2D eigenvalue weighted by Gasteiger charge is -2.04. The fraction of sp³-hybridized carbons (Fsp3) is 0. The minimum absolute atomic E-state index is 0.0716. The Hall–Kier alpha value is -2.30. The normalized spacial score (nSPS) is 11.6. The van der Waals surface area contributed by atoms with Gasteiger partial charge in [0.25, 0.3) is 0 Å². The highest BCUT2D eigenvalue weighted by molar-refractivity contribution is 5.99. The van der Waals surface area contributed by atoms with E-state index in [4.69, 9.17) is 5.73 Å². The molecule has 0 aliphatic carbocycles. The molecule has 0 spiro atoms. The Morgan fingerprint density at radius 1 is 0.833 bits per heavy atom.